The number of nitrogens with one attached hydrogen (secondary N) is 1. The van der Waals surface area contributed by atoms with Gasteiger partial charge in [-0.1, -0.05) is 30.3 Å². The first-order valence-corrected chi connectivity index (χ1v) is 9.24. The van der Waals surface area contributed by atoms with Crippen LogP contribution in [-0.4, -0.2) is 49.7 Å². The summed E-state index contributed by atoms with van der Waals surface area (Å²) in [4.78, 5) is 25.4. The van der Waals surface area contributed by atoms with Crippen LogP contribution >= 0.6 is 0 Å². The molecule has 7 nitrogen and oxygen atoms in total. The van der Waals surface area contributed by atoms with Gasteiger partial charge < -0.3 is 14.4 Å². The molecule has 1 N–H and O–H groups in total. The molecule has 1 spiro atoms. The fraction of sp³-hybridized carbons (Fsp3) is 0.333. The van der Waals surface area contributed by atoms with Crippen molar-refractivity contribution in [3.8, 4) is 11.5 Å². The molecule has 2 aliphatic heterocycles. The summed E-state index contributed by atoms with van der Waals surface area (Å²) in [6.07, 6.45) is 1.26. The molecular weight excluding hydrogens is 358 g/mol. The van der Waals surface area contributed by atoms with Crippen LogP contribution in [0.25, 0.3) is 0 Å². The Hall–Kier alpha value is -3.06. The summed E-state index contributed by atoms with van der Waals surface area (Å²) in [5.74, 6) is 1.87. The van der Waals surface area contributed by atoms with E-state index in [1.54, 1.807) is 32.4 Å². The Morgan fingerprint density at radius 1 is 1.07 bits per heavy atom. The number of methoxy groups -OCH3 is 2. The molecule has 1 fully saturated rings. The molecule has 28 heavy (non-hydrogen) atoms. The molecule has 1 amide bonds. The number of rotatable bonds is 4. The number of benzene rings is 2. The Labute approximate surface area is 163 Å². The minimum atomic E-state index is -0.617. The van der Waals surface area contributed by atoms with E-state index in [9.17, 15) is 4.79 Å². The second-order valence-electron chi connectivity index (χ2n) is 6.87. The van der Waals surface area contributed by atoms with E-state index in [4.69, 9.17) is 19.3 Å². The van der Waals surface area contributed by atoms with E-state index in [0.717, 1.165) is 11.4 Å². The fourth-order valence-corrected chi connectivity index (χ4v) is 3.50. The molecule has 0 aliphatic carbocycles. The molecule has 0 aromatic heterocycles. The van der Waals surface area contributed by atoms with E-state index in [-0.39, 0.29) is 5.91 Å². The first-order valence-electron chi connectivity index (χ1n) is 9.24. The zero-order valence-corrected chi connectivity index (χ0v) is 16.0. The number of hydrogen-bond acceptors (Lipinski definition) is 6. The average Bonchev–Trinajstić information content (AvgIpc) is 3.17. The topological polar surface area (TPSA) is 72.4 Å². The number of carbonyl (C=O) groups is 1. The number of aliphatic imine (C=N–C) groups is 1. The molecule has 2 aromatic carbocycles. The van der Waals surface area contributed by atoms with Crippen LogP contribution in [0.2, 0.25) is 0 Å². The maximum Gasteiger partial charge on any atom is 0.254 e. The van der Waals surface area contributed by atoms with Gasteiger partial charge in [-0.2, -0.15) is 0 Å². The van der Waals surface area contributed by atoms with Crippen molar-refractivity contribution in [1.29, 1.82) is 0 Å². The van der Waals surface area contributed by atoms with Gasteiger partial charge in [0, 0.05) is 43.1 Å². The van der Waals surface area contributed by atoms with Crippen LogP contribution in [0, 0.1) is 0 Å². The number of likely N-dealkylation sites (tertiary alicyclic amines) is 1. The Morgan fingerprint density at radius 3 is 2.32 bits per heavy atom. The van der Waals surface area contributed by atoms with Gasteiger partial charge in [-0.25, -0.2) is 15.3 Å². The summed E-state index contributed by atoms with van der Waals surface area (Å²) < 4.78 is 10.5. The van der Waals surface area contributed by atoms with Crippen LogP contribution in [0.5, 0.6) is 11.5 Å². The van der Waals surface area contributed by atoms with Crippen LogP contribution in [0.1, 0.15) is 28.8 Å². The molecule has 0 saturated carbocycles. The Kier molecular flexibility index (Phi) is 4.92. The highest BCUT2D eigenvalue weighted by atomic mass is 16.7. The normalized spacial score (nSPS) is 17.8. The van der Waals surface area contributed by atoms with Crippen molar-refractivity contribution in [3.63, 3.8) is 0 Å². The number of amides is 1. The van der Waals surface area contributed by atoms with Gasteiger partial charge in [0.1, 0.15) is 11.5 Å². The molecule has 2 heterocycles. The lowest BCUT2D eigenvalue weighted by Crippen LogP contribution is -2.46. The number of hydroxylamine groups is 1. The standard InChI is InChI=1S/C21H23N3O4/c1-26-17-12-16(13-18(14-17)27-2)20(25)24-10-8-21(9-11-24)22-19(23-28-21)15-6-4-3-5-7-15/h3-7,12-14H,8-11H2,1-2H3,(H,22,23). The number of amidine groups is 1. The summed E-state index contributed by atoms with van der Waals surface area (Å²) >= 11 is 0. The summed E-state index contributed by atoms with van der Waals surface area (Å²) in [7, 11) is 3.14. The van der Waals surface area contributed by atoms with Crippen LogP contribution in [-0.2, 0) is 4.84 Å². The van der Waals surface area contributed by atoms with E-state index in [1.165, 1.54) is 0 Å². The number of hydrogen-bond donors (Lipinski definition) is 1. The monoisotopic (exact) mass is 381 g/mol. The largest absolute Gasteiger partial charge is 0.497 e. The Morgan fingerprint density at radius 2 is 1.71 bits per heavy atom. The second kappa shape index (κ2) is 7.52. The van der Waals surface area contributed by atoms with Crippen molar-refractivity contribution < 1.29 is 19.1 Å². The number of carbonyl (C=O) groups excluding carboxylic acids is 1. The van der Waals surface area contributed by atoms with E-state index >= 15 is 0 Å². The van der Waals surface area contributed by atoms with Gasteiger partial charge in [0.05, 0.1) is 14.2 Å². The molecule has 0 radical (unpaired) electrons. The molecule has 0 unspecified atom stereocenters. The maximum atomic E-state index is 12.9. The summed E-state index contributed by atoms with van der Waals surface area (Å²) in [5, 5.41) is 0. The quantitative estimate of drug-likeness (QED) is 0.881. The SMILES string of the molecule is COc1cc(OC)cc(C(=O)N2CCC3(CC2)N=C(c2ccccc2)NO3)c1. The fourth-order valence-electron chi connectivity index (χ4n) is 3.50. The number of piperidine rings is 1. The highest BCUT2D eigenvalue weighted by Crippen LogP contribution is 2.32. The third-order valence-electron chi connectivity index (χ3n) is 5.13. The molecule has 1 saturated heterocycles. The van der Waals surface area contributed by atoms with E-state index in [2.05, 4.69) is 5.48 Å². The predicted molar refractivity (Wildman–Crippen MR) is 105 cm³/mol. The lowest BCUT2D eigenvalue weighted by molar-refractivity contribution is -0.0849. The van der Waals surface area contributed by atoms with Gasteiger partial charge in [-0.15, -0.1) is 0 Å². The maximum absolute atomic E-state index is 12.9. The summed E-state index contributed by atoms with van der Waals surface area (Å²) in [5.41, 5.74) is 3.87. The molecule has 2 aromatic rings. The highest BCUT2D eigenvalue weighted by molar-refractivity contribution is 5.99. The van der Waals surface area contributed by atoms with Gasteiger partial charge >= 0.3 is 0 Å². The molecular formula is C21H23N3O4. The number of nitrogens with zero attached hydrogens (tertiary/aromatic N) is 2. The highest BCUT2D eigenvalue weighted by Gasteiger charge is 2.41. The molecule has 0 bridgehead atoms. The molecule has 146 valence electrons. The van der Waals surface area contributed by atoms with Crippen molar-refractivity contribution in [3.05, 3.63) is 59.7 Å². The van der Waals surface area contributed by atoms with Gasteiger partial charge in [0.25, 0.3) is 5.91 Å². The zero-order valence-electron chi connectivity index (χ0n) is 16.0. The minimum Gasteiger partial charge on any atom is -0.497 e. The summed E-state index contributed by atoms with van der Waals surface area (Å²) in [6.45, 7) is 1.12. The number of ether oxygens (including phenoxy) is 2. The van der Waals surface area contributed by atoms with Gasteiger partial charge in [0.2, 0.25) is 0 Å². The third-order valence-corrected chi connectivity index (χ3v) is 5.13. The van der Waals surface area contributed by atoms with Crippen molar-refractivity contribution in [2.45, 2.75) is 18.6 Å². The van der Waals surface area contributed by atoms with Gasteiger partial charge in [0.15, 0.2) is 11.6 Å². The van der Waals surface area contributed by atoms with Crippen LogP contribution < -0.4 is 15.0 Å². The first kappa shape index (κ1) is 18.3. The molecule has 4 rings (SSSR count). The van der Waals surface area contributed by atoms with Gasteiger partial charge in [-0.3, -0.25) is 4.79 Å². The van der Waals surface area contributed by atoms with Crippen LogP contribution in [0.15, 0.2) is 53.5 Å². The van der Waals surface area contributed by atoms with Gasteiger partial charge in [-0.05, 0) is 12.1 Å². The van der Waals surface area contributed by atoms with Crippen molar-refractivity contribution in [1.82, 2.24) is 10.4 Å². The Bertz CT molecular complexity index is 868. The Balaban J connectivity index is 1.46. The lowest BCUT2D eigenvalue weighted by atomic mass is 10.00. The average molecular weight is 381 g/mol. The third kappa shape index (κ3) is 3.53. The zero-order chi connectivity index (χ0) is 19.6. The molecule has 2 aliphatic rings. The molecule has 0 atom stereocenters. The van der Waals surface area contributed by atoms with E-state index < -0.39 is 5.72 Å². The lowest BCUT2D eigenvalue weighted by Gasteiger charge is -2.35. The van der Waals surface area contributed by atoms with Crippen LogP contribution in [0.3, 0.4) is 0 Å². The second-order valence-corrected chi connectivity index (χ2v) is 6.87. The van der Waals surface area contributed by atoms with E-state index in [1.807, 2.05) is 35.2 Å². The van der Waals surface area contributed by atoms with Crippen LogP contribution in [0.4, 0.5) is 0 Å². The van der Waals surface area contributed by atoms with Crippen molar-refractivity contribution in [2.24, 2.45) is 4.99 Å². The minimum absolute atomic E-state index is 0.0507. The van der Waals surface area contributed by atoms with E-state index in [0.29, 0.717) is 43.0 Å². The summed E-state index contributed by atoms with van der Waals surface area (Å²) in [6, 6.07) is 15.1. The van der Waals surface area contributed by atoms with Crippen molar-refractivity contribution >= 4 is 11.7 Å². The van der Waals surface area contributed by atoms with Crippen molar-refractivity contribution in [2.75, 3.05) is 27.3 Å². The smallest absolute Gasteiger partial charge is 0.254 e. The predicted octanol–water partition coefficient (Wildman–Crippen LogP) is 2.62. The first-order chi connectivity index (χ1) is 13.6. The molecule has 7 heteroatoms.